The van der Waals surface area contributed by atoms with Gasteiger partial charge in [-0.3, -0.25) is 9.59 Å². The number of carbonyl (C=O) groups is 2. The number of hydrogen-bond donors (Lipinski definition) is 0. The van der Waals surface area contributed by atoms with Crippen LogP contribution in [0.1, 0.15) is 41.5 Å². The molecule has 2 nitrogen and oxygen atoms in total. The lowest BCUT2D eigenvalue weighted by atomic mass is 9.83. The maximum atomic E-state index is 11.9. The van der Waals surface area contributed by atoms with Crippen molar-refractivity contribution in [1.82, 2.24) is 0 Å². The largest absolute Gasteiger partial charge is 0.299 e. The summed E-state index contributed by atoms with van der Waals surface area (Å²) in [7, 11) is 0. The molecule has 90 valence electrons. The number of rotatable bonds is 3. The smallest absolute Gasteiger partial charge is 0.182 e. The van der Waals surface area contributed by atoms with Crippen LogP contribution in [0.15, 0.2) is 23.8 Å². The third-order valence-corrected chi connectivity index (χ3v) is 2.04. The Morgan fingerprint density at radius 2 is 1.50 bits per heavy atom. The molecule has 0 amide bonds. The van der Waals surface area contributed by atoms with Gasteiger partial charge in [-0.2, -0.15) is 0 Å². The lowest BCUT2D eigenvalue weighted by Gasteiger charge is -2.20. The second-order valence-corrected chi connectivity index (χ2v) is 6.03. The SMILES string of the molecule is CC(C)(C)/C=C/C(=O)/C(=C/C=O)C(C)(C)C. The number of allylic oxidation sites excluding steroid dienone is 4. The highest BCUT2D eigenvalue weighted by Crippen LogP contribution is 2.26. The fraction of sp³-hybridized carbons (Fsp3) is 0.571. The van der Waals surface area contributed by atoms with Crippen LogP contribution in [-0.4, -0.2) is 12.1 Å². The molecule has 0 aromatic carbocycles. The van der Waals surface area contributed by atoms with Crippen molar-refractivity contribution < 1.29 is 9.59 Å². The van der Waals surface area contributed by atoms with Gasteiger partial charge in [0.2, 0.25) is 0 Å². The average Bonchev–Trinajstić information content (AvgIpc) is 2.07. The first-order valence-corrected chi connectivity index (χ1v) is 5.47. The maximum absolute atomic E-state index is 11.9. The summed E-state index contributed by atoms with van der Waals surface area (Å²) in [6.07, 6.45) is 5.44. The summed E-state index contributed by atoms with van der Waals surface area (Å²) in [4.78, 5) is 22.4. The van der Waals surface area contributed by atoms with E-state index in [1.54, 1.807) is 6.08 Å². The van der Waals surface area contributed by atoms with E-state index in [1.807, 2.05) is 47.6 Å². The van der Waals surface area contributed by atoms with Crippen molar-refractivity contribution in [2.75, 3.05) is 0 Å². The molecule has 0 aliphatic heterocycles. The van der Waals surface area contributed by atoms with Crippen LogP contribution < -0.4 is 0 Å². The van der Waals surface area contributed by atoms with E-state index in [0.29, 0.717) is 11.9 Å². The van der Waals surface area contributed by atoms with Gasteiger partial charge in [0.25, 0.3) is 0 Å². The molecule has 0 unspecified atom stereocenters. The van der Waals surface area contributed by atoms with E-state index in [-0.39, 0.29) is 16.6 Å². The predicted octanol–water partition coefficient (Wildman–Crippen LogP) is 3.33. The van der Waals surface area contributed by atoms with Gasteiger partial charge in [0.1, 0.15) is 6.29 Å². The highest BCUT2D eigenvalue weighted by Gasteiger charge is 2.22. The second-order valence-electron chi connectivity index (χ2n) is 6.03. The highest BCUT2D eigenvalue weighted by molar-refractivity contribution is 6.06. The Bertz CT molecular complexity index is 320. The molecule has 0 aromatic rings. The number of aldehydes is 1. The van der Waals surface area contributed by atoms with Gasteiger partial charge < -0.3 is 0 Å². The lowest BCUT2D eigenvalue weighted by Crippen LogP contribution is -2.17. The third-order valence-electron chi connectivity index (χ3n) is 2.04. The second kappa shape index (κ2) is 5.24. The van der Waals surface area contributed by atoms with Crippen LogP contribution in [0, 0.1) is 10.8 Å². The quantitative estimate of drug-likeness (QED) is 0.542. The van der Waals surface area contributed by atoms with Crippen molar-refractivity contribution in [1.29, 1.82) is 0 Å². The van der Waals surface area contributed by atoms with Gasteiger partial charge in [0.05, 0.1) is 0 Å². The first kappa shape index (κ1) is 14.8. The Morgan fingerprint density at radius 3 is 1.81 bits per heavy atom. The van der Waals surface area contributed by atoms with Crippen LogP contribution in [0.4, 0.5) is 0 Å². The zero-order valence-corrected chi connectivity index (χ0v) is 11.1. The molecule has 2 heteroatoms. The fourth-order valence-corrected chi connectivity index (χ4v) is 1.19. The topological polar surface area (TPSA) is 34.1 Å². The van der Waals surface area contributed by atoms with Gasteiger partial charge in [-0.15, -0.1) is 0 Å². The number of ketones is 1. The Morgan fingerprint density at radius 1 is 1.00 bits per heavy atom. The summed E-state index contributed by atoms with van der Waals surface area (Å²) in [5, 5.41) is 0. The summed E-state index contributed by atoms with van der Waals surface area (Å²) in [5.74, 6) is -0.0884. The van der Waals surface area contributed by atoms with Crippen molar-refractivity contribution in [2.24, 2.45) is 10.8 Å². The van der Waals surface area contributed by atoms with E-state index in [9.17, 15) is 9.59 Å². The van der Waals surface area contributed by atoms with Crippen LogP contribution in [0.2, 0.25) is 0 Å². The van der Waals surface area contributed by atoms with Gasteiger partial charge in [-0.25, -0.2) is 0 Å². The van der Waals surface area contributed by atoms with E-state index in [4.69, 9.17) is 0 Å². The van der Waals surface area contributed by atoms with Gasteiger partial charge in [0.15, 0.2) is 5.78 Å². The van der Waals surface area contributed by atoms with E-state index in [2.05, 4.69) is 0 Å². The van der Waals surface area contributed by atoms with Crippen molar-refractivity contribution in [3.8, 4) is 0 Å². The van der Waals surface area contributed by atoms with Crippen LogP contribution in [0.25, 0.3) is 0 Å². The molecule has 0 N–H and O–H groups in total. The van der Waals surface area contributed by atoms with E-state index in [1.165, 1.54) is 6.08 Å². The molecule has 0 aliphatic rings. The van der Waals surface area contributed by atoms with E-state index >= 15 is 0 Å². The molecule has 16 heavy (non-hydrogen) atoms. The summed E-state index contributed by atoms with van der Waals surface area (Å²) < 4.78 is 0. The predicted molar refractivity (Wildman–Crippen MR) is 67.2 cm³/mol. The molecule has 0 aliphatic carbocycles. The zero-order chi connectivity index (χ0) is 13.0. The van der Waals surface area contributed by atoms with Crippen LogP contribution in [0.5, 0.6) is 0 Å². The fourth-order valence-electron chi connectivity index (χ4n) is 1.19. The minimum absolute atomic E-state index is 0.0279. The van der Waals surface area contributed by atoms with Crippen molar-refractivity contribution >= 4 is 12.1 Å². The van der Waals surface area contributed by atoms with Crippen molar-refractivity contribution in [2.45, 2.75) is 41.5 Å². The molecule has 0 saturated heterocycles. The van der Waals surface area contributed by atoms with Gasteiger partial charge in [0, 0.05) is 5.57 Å². The summed E-state index contributed by atoms with van der Waals surface area (Å²) >= 11 is 0. The first-order valence-electron chi connectivity index (χ1n) is 5.47. The molecule has 0 rings (SSSR count). The number of hydrogen-bond acceptors (Lipinski definition) is 2. The van der Waals surface area contributed by atoms with Gasteiger partial charge in [-0.05, 0) is 23.0 Å². The van der Waals surface area contributed by atoms with E-state index < -0.39 is 0 Å². The summed E-state index contributed by atoms with van der Waals surface area (Å²) in [6, 6.07) is 0. The standard InChI is InChI=1S/C14H22O2/c1-13(2,3)9-7-12(16)11(8-10-15)14(4,5)6/h7-10H,1-6H3/b9-7+,11-8-. The Balaban J connectivity index is 5.02. The molecule has 0 heterocycles. The molecule has 0 spiro atoms. The molecule has 0 radical (unpaired) electrons. The van der Waals surface area contributed by atoms with Crippen molar-refractivity contribution in [3.05, 3.63) is 23.8 Å². The minimum Gasteiger partial charge on any atom is -0.299 e. The molecule has 0 bridgehead atoms. The van der Waals surface area contributed by atoms with Gasteiger partial charge in [-0.1, -0.05) is 47.6 Å². The normalized spacial score (nSPS) is 14.2. The molecule has 0 fully saturated rings. The molecular formula is C14H22O2. The molecule has 0 atom stereocenters. The zero-order valence-electron chi connectivity index (χ0n) is 11.1. The molecule has 0 aromatic heterocycles. The Hall–Kier alpha value is -1.18. The van der Waals surface area contributed by atoms with Crippen LogP contribution in [0.3, 0.4) is 0 Å². The highest BCUT2D eigenvalue weighted by atomic mass is 16.1. The lowest BCUT2D eigenvalue weighted by molar-refractivity contribution is -0.112. The Kier molecular flexibility index (Phi) is 4.85. The minimum atomic E-state index is -0.305. The van der Waals surface area contributed by atoms with Gasteiger partial charge >= 0.3 is 0 Å². The van der Waals surface area contributed by atoms with Crippen LogP contribution in [-0.2, 0) is 9.59 Å². The Labute approximate surface area is 98.4 Å². The van der Waals surface area contributed by atoms with Crippen LogP contribution >= 0.6 is 0 Å². The summed E-state index contributed by atoms with van der Waals surface area (Å²) in [6.45, 7) is 11.8. The molecular weight excluding hydrogens is 200 g/mol. The van der Waals surface area contributed by atoms with Crippen molar-refractivity contribution in [3.63, 3.8) is 0 Å². The molecule has 0 saturated carbocycles. The maximum Gasteiger partial charge on any atom is 0.182 e. The van der Waals surface area contributed by atoms with E-state index in [0.717, 1.165) is 0 Å². The first-order chi connectivity index (χ1) is 7.08. The summed E-state index contributed by atoms with van der Waals surface area (Å²) in [5.41, 5.74) is 0.211. The average molecular weight is 222 g/mol. The monoisotopic (exact) mass is 222 g/mol. The number of carbonyl (C=O) groups excluding carboxylic acids is 2. The third kappa shape index (κ3) is 5.64.